The molecular weight excluding hydrogens is 486 g/mol. The van der Waals surface area contributed by atoms with Gasteiger partial charge in [0.2, 0.25) is 0 Å². The highest BCUT2D eigenvalue weighted by molar-refractivity contribution is 7.17. The molecule has 3 N–H and O–H groups in total. The van der Waals surface area contributed by atoms with E-state index >= 15 is 0 Å². The number of hydrogen-bond donors (Lipinski definition) is 3. The van der Waals surface area contributed by atoms with E-state index in [1.54, 1.807) is 18.4 Å². The number of carbonyl (C=O) groups is 1. The second-order valence-electron chi connectivity index (χ2n) is 10.8. The monoisotopic (exact) mass is 531 g/mol. The lowest BCUT2D eigenvalue weighted by atomic mass is 9.74. The summed E-state index contributed by atoms with van der Waals surface area (Å²) < 4.78 is 11.9. The predicted octanol–water partition coefficient (Wildman–Crippen LogP) is 4.73. The van der Waals surface area contributed by atoms with Crippen LogP contribution in [0.1, 0.15) is 56.9 Å². The fourth-order valence-electron chi connectivity index (χ4n) is 6.18. The molecule has 0 aliphatic carbocycles. The van der Waals surface area contributed by atoms with Gasteiger partial charge in [0.25, 0.3) is 0 Å². The zero-order chi connectivity index (χ0) is 26.1. The standard InChI is InChI=1S/C29H45N3O4S/c1-30-20-25(19-22-10-16-36-17-11-22)31-28(33)32-14-6-8-24(21-32)29(34,13-3-4-15-35-2)26-9-5-7-23-12-18-37-27(23)26/h5,7,9,12,18,22,24-25,30,34H,3-4,6,8,10-11,13-17,19-21H2,1-2H3,(H,31,33). The lowest BCUT2D eigenvalue weighted by Crippen LogP contribution is -2.54. The van der Waals surface area contributed by atoms with Gasteiger partial charge in [-0.2, -0.15) is 0 Å². The fourth-order valence-corrected chi connectivity index (χ4v) is 7.17. The van der Waals surface area contributed by atoms with E-state index in [0.29, 0.717) is 25.5 Å². The number of likely N-dealkylation sites (tertiary alicyclic amines) is 1. The number of likely N-dealkylation sites (N-methyl/N-ethyl adjacent to an activating group) is 1. The quantitative estimate of drug-likeness (QED) is 0.345. The first kappa shape index (κ1) is 28.3. The van der Waals surface area contributed by atoms with Crippen LogP contribution in [-0.2, 0) is 15.1 Å². The van der Waals surface area contributed by atoms with Gasteiger partial charge >= 0.3 is 6.03 Å². The first-order valence-corrected chi connectivity index (χ1v) is 14.9. The maximum absolute atomic E-state index is 13.5. The number of nitrogens with one attached hydrogen (secondary N) is 2. The smallest absolute Gasteiger partial charge is 0.317 e. The molecule has 4 rings (SSSR count). The second-order valence-corrected chi connectivity index (χ2v) is 11.7. The number of carbonyl (C=O) groups excluding carboxylic acids is 1. The minimum absolute atomic E-state index is 0.00641. The molecule has 0 radical (unpaired) electrons. The van der Waals surface area contributed by atoms with Gasteiger partial charge in [-0.3, -0.25) is 0 Å². The van der Waals surface area contributed by atoms with E-state index in [4.69, 9.17) is 9.47 Å². The van der Waals surface area contributed by atoms with Crippen LogP contribution in [0.5, 0.6) is 0 Å². The van der Waals surface area contributed by atoms with Gasteiger partial charge in [0.1, 0.15) is 0 Å². The largest absolute Gasteiger partial charge is 0.385 e. The molecule has 0 bridgehead atoms. The van der Waals surface area contributed by atoms with E-state index < -0.39 is 5.60 Å². The highest BCUT2D eigenvalue weighted by Gasteiger charge is 2.42. The molecule has 206 valence electrons. The van der Waals surface area contributed by atoms with Gasteiger partial charge in [0.05, 0.1) is 5.60 Å². The third-order valence-electron chi connectivity index (χ3n) is 8.22. The number of ether oxygens (including phenoxy) is 2. The number of rotatable bonds is 12. The van der Waals surface area contributed by atoms with E-state index in [2.05, 4.69) is 40.3 Å². The third kappa shape index (κ3) is 7.24. The molecule has 3 heterocycles. The Morgan fingerprint density at radius 2 is 2.11 bits per heavy atom. The molecule has 3 unspecified atom stereocenters. The van der Waals surface area contributed by atoms with Gasteiger partial charge in [0, 0.05) is 68.8 Å². The van der Waals surface area contributed by atoms with Crippen LogP contribution in [0.15, 0.2) is 29.6 Å². The molecular formula is C29H45N3O4S. The summed E-state index contributed by atoms with van der Waals surface area (Å²) in [5.74, 6) is 0.575. The molecule has 0 saturated carbocycles. The summed E-state index contributed by atoms with van der Waals surface area (Å²) in [4.78, 5) is 15.4. The molecule has 2 saturated heterocycles. The SMILES string of the molecule is CNCC(CC1CCOCC1)NC(=O)N1CCCC(C(O)(CCCCOC)c2cccc3ccsc23)C1. The highest BCUT2D eigenvalue weighted by atomic mass is 32.1. The van der Waals surface area contributed by atoms with Crippen LogP contribution in [-0.4, -0.2) is 75.7 Å². The van der Waals surface area contributed by atoms with Crippen LogP contribution in [0, 0.1) is 11.8 Å². The van der Waals surface area contributed by atoms with Crippen molar-refractivity contribution in [1.29, 1.82) is 0 Å². The number of unbranched alkanes of at least 4 members (excludes halogenated alkanes) is 1. The molecule has 37 heavy (non-hydrogen) atoms. The summed E-state index contributed by atoms with van der Waals surface area (Å²) in [6.07, 6.45) is 7.36. The minimum Gasteiger partial charge on any atom is -0.385 e. The Bertz CT molecular complexity index is 979. The van der Waals surface area contributed by atoms with Gasteiger partial charge in [-0.25, -0.2) is 4.79 Å². The van der Waals surface area contributed by atoms with Crippen LogP contribution >= 0.6 is 11.3 Å². The molecule has 8 heteroatoms. The molecule has 2 aromatic rings. The topological polar surface area (TPSA) is 83.1 Å². The van der Waals surface area contributed by atoms with Gasteiger partial charge in [0.15, 0.2) is 0 Å². The number of amides is 2. The number of piperidine rings is 1. The first-order valence-electron chi connectivity index (χ1n) is 14.0. The Hall–Kier alpha value is -1.71. The highest BCUT2D eigenvalue weighted by Crippen LogP contribution is 2.43. The molecule has 2 aliphatic heterocycles. The summed E-state index contributed by atoms with van der Waals surface area (Å²) in [7, 11) is 3.66. The molecule has 2 aliphatic rings. The number of benzene rings is 1. The molecule has 2 fully saturated rings. The molecule has 2 amide bonds. The van der Waals surface area contributed by atoms with E-state index in [0.717, 1.165) is 81.5 Å². The van der Waals surface area contributed by atoms with Crippen molar-refractivity contribution in [3.63, 3.8) is 0 Å². The molecule has 7 nitrogen and oxygen atoms in total. The maximum Gasteiger partial charge on any atom is 0.317 e. The Balaban J connectivity index is 1.48. The van der Waals surface area contributed by atoms with Gasteiger partial charge < -0.3 is 30.1 Å². The number of methoxy groups -OCH3 is 1. The van der Waals surface area contributed by atoms with Gasteiger partial charge in [-0.1, -0.05) is 18.2 Å². The number of nitrogens with zero attached hydrogens (tertiary/aromatic N) is 1. The second kappa shape index (κ2) is 13.9. The van der Waals surface area contributed by atoms with E-state index in [1.807, 2.05) is 11.9 Å². The summed E-state index contributed by atoms with van der Waals surface area (Å²) in [6, 6.07) is 8.46. The van der Waals surface area contributed by atoms with Crippen LogP contribution in [0.25, 0.3) is 10.1 Å². The normalized spacial score (nSPS) is 21.6. The molecule has 1 aromatic heterocycles. The average molecular weight is 532 g/mol. The third-order valence-corrected chi connectivity index (χ3v) is 9.19. The predicted molar refractivity (Wildman–Crippen MR) is 150 cm³/mol. The van der Waals surface area contributed by atoms with Crippen molar-refractivity contribution in [3.8, 4) is 0 Å². The number of fused-ring (bicyclic) bond motifs is 1. The molecule has 3 atom stereocenters. The van der Waals surface area contributed by atoms with Crippen molar-refractivity contribution >= 4 is 27.5 Å². The minimum atomic E-state index is -0.983. The van der Waals surface area contributed by atoms with Crippen molar-refractivity contribution < 1.29 is 19.4 Å². The van der Waals surface area contributed by atoms with Crippen molar-refractivity contribution in [3.05, 3.63) is 35.2 Å². The van der Waals surface area contributed by atoms with E-state index in [1.165, 1.54) is 5.39 Å². The lowest BCUT2D eigenvalue weighted by Gasteiger charge is -2.43. The number of thiophene rings is 1. The van der Waals surface area contributed by atoms with E-state index in [-0.39, 0.29) is 18.0 Å². The molecule has 1 aromatic carbocycles. The van der Waals surface area contributed by atoms with Crippen molar-refractivity contribution in [2.45, 2.75) is 63.0 Å². The van der Waals surface area contributed by atoms with Crippen LogP contribution < -0.4 is 10.6 Å². The number of aliphatic hydroxyl groups is 1. The van der Waals surface area contributed by atoms with Gasteiger partial charge in [-0.15, -0.1) is 11.3 Å². The number of hydrogen-bond acceptors (Lipinski definition) is 6. The van der Waals surface area contributed by atoms with Crippen molar-refractivity contribution in [1.82, 2.24) is 15.5 Å². The summed E-state index contributed by atoms with van der Waals surface area (Å²) in [5, 5.41) is 22.2. The van der Waals surface area contributed by atoms with E-state index in [9.17, 15) is 9.90 Å². The van der Waals surface area contributed by atoms with Crippen LogP contribution in [0.3, 0.4) is 0 Å². The Labute approximate surface area is 225 Å². The number of urea groups is 1. The maximum atomic E-state index is 13.5. The van der Waals surface area contributed by atoms with Crippen LogP contribution in [0.2, 0.25) is 0 Å². The average Bonchev–Trinajstić information content (AvgIpc) is 3.41. The summed E-state index contributed by atoms with van der Waals surface area (Å²) in [5.41, 5.74) is 0.0287. The van der Waals surface area contributed by atoms with Crippen molar-refractivity contribution in [2.75, 3.05) is 53.6 Å². The Morgan fingerprint density at radius 1 is 1.27 bits per heavy atom. The van der Waals surface area contributed by atoms with Crippen molar-refractivity contribution in [2.24, 2.45) is 11.8 Å². The lowest BCUT2D eigenvalue weighted by molar-refractivity contribution is -0.0551. The zero-order valence-electron chi connectivity index (χ0n) is 22.5. The summed E-state index contributed by atoms with van der Waals surface area (Å²) in [6.45, 7) is 4.38. The zero-order valence-corrected chi connectivity index (χ0v) is 23.4. The Morgan fingerprint density at radius 3 is 2.89 bits per heavy atom. The fraction of sp³-hybridized carbons (Fsp3) is 0.690. The molecule has 0 spiro atoms. The summed E-state index contributed by atoms with van der Waals surface area (Å²) >= 11 is 1.69. The first-order chi connectivity index (χ1) is 18.0. The Kier molecular flexibility index (Phi) is 10.6. The van der Waals surface area contributed by atoms with Crippen LogP contribution in [0.4, 0.5) is 4.79 Å². The van der Waals surface area contributed by atoms with Gasteiger partial charge in [-0.05, 0) is 81.2 Å².